The summed E-state index contributed by atoms with van der Waals surface area (Å²) in [7, 11) is 0. The molecule has 0 radical (unpaired) electrons. The van der Waals surface area contributed by atoms with Crippen LogP contribution in [-0.4, -0.2) is 30.8 Å². The molecule has 0 amide bonds. The molecule has 152 valence electrons. The van der Waals surface area contributed by atoms with Gasteiger partial charge in [-0.1, -0.05) is 18.2 Å². The van der Waals surface area contributed by atoms with E-state index in [4.69, 9.17) is 9.47 Å². The number of phenolic OH excluding ortho intramolecular Hbond substituents is 1. The third-order valence-electron chi connectivity index (χ3n) is 4.12. The molecule has 0 aliphatic rings. The lowest BCUT2D eigenvalue weighted by Crippen LogP contribution is -2.38. The van der Waals surface area contributed by atoms with Gasteiger partial charge in [0.05, 0.1) is 25.8 Å². The van der Waals surface area contributed by atoms with E-state index in [1.807, 2.05) is 51.1 Å². The number of aromatic hydroxyl groups is 1. The zero-order valence-electron chi connectivity index (χ0n) is 17.2. The van der Waals surface area contributed by atoms with Crippen LogP contribution in [0.5, 0.6) is 17.2 Å². The topological polar surface area (TPSA) is 75.1 Å². The number of hydrogen-bond donors (Lipinski definition) is 3. The molecule has 0 saturated carbocycles. The lowest BCUT2D eigenvalue weighted by Gasteiger charge is -2.20. The molecule has 3 N–H and O–H groups in total. The van der Waals surface area contributed by atoms with Crippen molar-refractivity contribution in [3.05, 3.63) is 53.6 Å². The molecule has 0 saturated heterocycles. The van der Waals surface area contributed by atoms with E-state index < -0.39 is 0 Å². The maximum absolute atomic E-state index is 9.40. The highest BCUT2D eigenvalue weighted by atomic mass is 16.5. The molecule has 0 heterocycles. The number of guanidine groups is 1. The van der Waals surface area contributed by atoms with E-state index in [9.17, 15) is 5.11 Å². The fourth-order valence-corrected chi connectivity index (χ4v) is 2.72. The molecule has 0 bridgehead atoms. The third-order valence-corrected chi connectivity index (χ3v) is 4.12. The van der Waals surface area contributed by atoms with Gasteiger partial charge in [0, 0.05) is 6.54 Å². The molecular formula is C22H31N3O3. The summed E-state index contributed by atoms with van der Waals surface area (Å²) in [4.78, 5) is 4.64. The van der Waals surface area contributed by atoms with Crippen LogP contribution in [0.2, 0.25) is 0 Å². The Morgan fingerprint density at radius 3 is 2.32 bits per heavy atom. The molecule has 6 heteroatoms. The second kappa shape index (κ2) is 11.1. The molecule has 1 unspecified atom stereocenters. The Hall–Kier alpha value is -2.89. The van der Waals surface area contributed by atoms with Gasteiger partial charge in [0.25, 0.3) is 0 Å². The minimum absolute atomic E-state index is 0.0347. The number of nitrogens with one attached hydrogen (secondary N) is 2. The number of ether oxygens (including phenoxy) is 2. The number of rotatable bonds is 9. The standard InChI is InChI=1S/C22H31N3O3/c1-5-23-22(24-15-17-8-11-19(26)12-9-17)25-16(4)18-10-13-20(27-6-2)21(14-18)28-7-3/h8-14,16,26H,5-7,15H2,1-4H3,(H2,23,24,25). The first-order chi connectivity index (χ1) is 13.6. The minimum atomic E-state index is 0.0347. The molecule has 1 atom stereocenters. The summed E-state index contributed by atoms with van der Waals surface area (Å²) in [5.74, 6) is 2.50. The largest absolute Gasteiger partial charge is 0.508 e. The highest BCUT2D eigenvalue weighted by molar-refractivity contribution is 5.80. The SMILES string of the molecule is CCNC(=NCc1ccc(O)cc1)NC(C)c1ccc(OCC)c(OCC)c1. The van der Waals surface area contributed by atoms with Gasteiger partial charge >= 0.3 is 0 Å². The van der Waals surface area contributed by atoms with Crippen molar-refractivity contribution in [2.45, 2.75) is 40.3 Å². The summed E-state index contributed by atoms with van der Waals surface area (Å²) < 4.78 is 11.4. The first-order valence-electron chi connectivity index (χ1n) is 9.79. The monoisotopic (exact) mass is 385 g/mol. The molecule has 2 aromatic carbocycles. The molecule has 6 nitrogen and oxygen atoms in total. The lowest BCUT2D eigenvalue weighted by molar-refractivity contribution is 0.287. The van der Waals surface area contributed by atoms with Gasteiger partial charge in [0.2, 0.25) is 0 Å². The Bertz CT molecular complexity index is 760. The van der Waals surface area contributed by atoms with Crippen LogP contribution in [-0.2, 0) is 6.54 Å². The third kappa shape index (κ3) is 6.37. The fraction of sp³-hybridized carbons (Fsp3) is 0.409. The fourth-order valence-electron chi connectivity index (χ4n) is 2.72. The number of phenols is 1. The summed E-state index contributed by atoms with van der Waals surface area (Å²) in [5.41, 5.74) is 2.12. The van der Waals surface area contributed by atoms with Crippen LogP contribution in [0.25, 0.3) is 0 Å². The first kappa shape index (κ1) is 21.4. The second-order valence-electron chi connectivity index (χ2n) is 6.30. The van der Waals surface area contributed by atoms with Crippen molar-refractivity contribution in [3.63, 3.8) is 0 Å². The Balaban J connectivity index is 2.12. The second-order valence-corrected chi connectivity index (χ2v) is 6.30. The molecule has 0 aromatic heterocycles. The first-order valence-corrected chi connectivity index (χ1v) is 9.79. The van der Waals surface area contributed by atoms with Crippen molar-refractivity contribution in [3.8, 4) is 17.2 Å². The molecular weight excluding hydrogens is 354 g/mol. The van der Waals surface area contributed by atoms with Gasteiger partial charge in [-0.25, -0.2) is 4.99 Å². The summed E-state index contributed by atoms with van der Waals surface area (Å²) in [6, 6.07) is 13.1. The predicted octanol–water partition coefficient (Wildman–Crippen LogP) is 4.01. The van der Waals surface area contributed by atoms with Crippen molar-refractivity contribution >= 4 is 5.96 Å². The zero-order valence-corrected chi connectivity index (χ0v) is 17.2. The average Bonchev–Trinajstić information content (AvgIpc) is 2.69. The van der Waals surface area contributed by atoms with Crippen LogP contribution in [0.1, 0.15) is 44.9 Å². The van der Waals surface area contributed by atoms with Crippen LogP contribution in [0, 0.1) is 0 Å². The van der Waals surface area contributed by atoms with Gasteiger partial charge in [0.15, 0.2) is 17.5 Å². The molecule has 0 aliphatic heterocycles. The van der Waals surface area contributed by atoms with E-state index in [1.165, 1.54) is 0 Å². The van der Waals surface area contributed by atoms with Crippen molar-refractivity contribution in [2.75, 3.05) is 19.8 Å². The lowest BCUT2D eigenvalue weighted by atomic mass is 10.1. The minimum Gasteiger partial charge on any atom is -0.508 e. The molecule has 0 spiro atoms. The summed E-state index contributed by atoms with van der Waals surface area (Å²) >= 11 is 0. The number of benzene rings is 2. The molecule has 0 aliphatic carbocycles. The summed E-state index contributed by atoms with van der Waals surface area (Å²) in [5, 5.41) is 16.1. The van der Waals surface area contributed by atoms with Crippen LogP contribution in [0.3, 0.4) is 0 Å². The molecule has 28 heavy (non-hydrogen) atoms. The van der Waals surface area contributed by atoms with E-state index in [1.54, 1.807) is 12.1 Å². The van der Waals surface area contributed by atoms with Gasteiger partial charge in [-0.3, -0.25) is 0 Å². The number of aliphatic imine (C=N–C) groups is 1. The zero-order chi connectivity index (χ0) is 20.4. The Labute approximate surface area is 167 Å². The summed E-state index contributed by atoms with van der Waals surface area (Å²) in [6.07, 6.45) is 0. The highest BCUT2D eigenvalue weighted by Crippen LogP contribution is 2.30. The predicted molar refractivity (Wildman–Crippen MR) is 113 cm³/mol. The summed E-state index contributed by atoms with van der Waals surface area (Å²) in [6.45, 7) is 10.5. The normalized spacial score (nSPS) is 12.4. The molecule has 2 aromatic rings. The van der Waals surface area contributed by atoms with Gasteiger partial charge in [-0.15, -0.1) is 0 Å². The maximum atomic E-state index is 9.40. The van der Waals surface area contributed by atoms with E-state index in [-0.39, 0.29) is 11.8 Å². The van der Waals surface area contributed by atoms with Gasteiger partial charge in [0.1, 0.15) is 5.75 Å². The van der Waals surface area contributed by atoms with Crippen LogP contribution in [0.4, 0.5) is 0 Å². The Morgan fingerprint density at radius 2 is 1.68 bits per heavy atom. The van der Waals surface area contributed by atoms with E-state index in [2.05, 4.69) is 22.5 Å². The maximum Gasteiger partial charge on any atom is 0.192 e. The van der Waals surface area contributed by atoms with Crippen molar-refractivity contribution in [1.82, 2.24) is 10.6 Å². The molecule has 2 rings (SSSR count). The number of nitrogens with zero attached hydrogens (tertiary/aromatic N) is 1. The van der Waals surface area contributed by atoms with Crippen LogP contribution >= 0.6 is 0 Å². The van der Waals surface area contributed by atoms with E-state index >= 15 is 0 Å². The smallest absolute Gasteiger partial charge is 0.192 e. The Kier molecular flexibility index (Phi) is 8.46. The van der Waals surface area contributed by atoms with Gasteiger partial charge in [-0.05, 0) is 63.1 Å². The average molecular weight is 386 g/mol. The van der Waals surface area contributed by atoms with E-state index in [0.717, 1.165) is 35.1 Å². The number of hydrogen-bond acceptors (Lipinski definition) is 4. The van der Waals surface area contributed by atoms with Gasteiger partial charge < -0.3 is 25.2 Å². The van der Waals surface area contributed by atoms with Gasteiger partial charge in [-0.2, -0.15) is 0 Å². The highest BCUT2D eigenvalue weighted by Gasteiger charge is 2.12. The van der Waals surface area contributed by atoms with Crippen LogP contribution in [0.15, 0.2) is 47.5 Å². The van der Waals surface area contributed by atoms with Crippen LogP contribution < -0.4 is 20.1 Å². The van der Waals surface area contributed by atoms with E-state index in [0.29, 0.717) is 19.8 Å². The molecule has 0 fully saturated rings. The van der Waals surface area contributed by atoms with Crippen molar-refractivity contribution < 1.29 is 14.6 Å². The Morgan fingerprint density at radius 1 is 1.00 bits per heavy atom. The quantitative estimate of drug-likeness (QED) is 0.449. The van der Waals surface area contributed by atoms with Crippen molar-refractivity contribution in [1.29, 1.82) is 0 Å². The van der Waals surface area contributed by atoms with Crippen molar-refractivity contribution in [2.24, 2.45) is 4.99 Å².